The molecule has 5 nitrogen and oxygen atoms in total. The summed E-state index contributed by atoms with van der Waals surface area (Å²) in [6.07, 6.45) is 0. The van der Waals surface area contributed by atoms with Crippen molar-refractivity contribution in [3.8, 4) is 0 Å². The minimum atomic E-state index is -1.06. The zero-order valence-corrected chi connectivity index (χ0v) is 11.6. The second-order valence-electron chi connectivity index (χ2n) is 4.26. The number of hydrogen-bond donors (Lipinski definition) is 2. The number of nitrogens with one attached hydrogen (secondary N) is 1. The number of aliphatic carboxylic acids is 1. The van der Waals surface area contributed by atoms with Crippen molar-refractivity contribution in [1.82, 2.24) is 5.32 Å². The molecule has 1 aromatic carbocycles. The van der Waals surface area contributed by atoms with Crippen LogP contribution < -0.4 is 10.2 Å². The first-order valence-corrected chi connectivity index (χ1v) is 6.26. The molecule has 19 heavy (non-hydrogen) atoms. The monoisotopic (exact) mass is 284 g/mol. The van der Waals surface area contributed by atoms with Crippen LogP contribution in [0.15, 0.2) is 24.3 Å². The quantitative estimate of drug-likeness (QED) is 0.833. The largest absolute Gasteiger partial charge is 0.480 e. The van der Waals surface area contributed by atoms with Crippen molar-refractivity contribution in [1.29, 1.82) is 0 Å². The van der Waals surface area contributed by atoms with Crippen LogP contribution >= 0.6 is 11.6 Å². The normalized spacial score (nSPS) is 11.9. The molecule has 0 spiro atoms. The van der Waals surface area contributed by atoms with Gasteiger partial charge in [0.25, 0.3) is 0 Å². The van der Waals surface area contributed by atoms with E-state index >= 15 is 0 Å². The van der Waals surface area contributed by atoms with Gasteiger partial charge in [0, 0.05) is 23.2 Å². The van der Waals surface area contributed by atoms with Crippen LogP contribution in [0.2, 0.25) is 5.02 Å². The first-order valence-electron chi connectivity index (χ1n) is 5.89. The van der Waals surface area contributed by atoms with Crippen LogP contribution in [0, 0.1) is 5.92 Å². The average molecular weight is 285 g/mol. The van der Waals surface area contributed by atoms with Crippen LogP contribution in [0.5, 0.6) is 0 Å². The number of hydrogen-bond acceptors (Lipinski definition) is 3. The van der Waals surface area contributed by atoms with Crippen LogP contribution in [0.3, 0.4) is 0 Å². The molecule has 6 heteroatoms. The molecule has 0 aliphatic heterocycles. The van der Waals surface area contributed by atoms with E-state index in [1.165, 1.54) is 4.90 Å². The van der Waals surface area contributed by atoms with Crippen LogP contribution in [0.25, 0.3) is 0 Å². The highest BCUT2D eigenvalue weighted by molar-refractivity contribution is 6.30. The number of nitrogens with zero attached hydrogens (tertiary/aromatic N) is 1. The molecule has 0 aliphatic carbocycles. The van der Waals surface area contributed by atoms with Gasteiger partial charge in [-0.25, -0.2) is 0 Å². The molecule has 0 aromatic heterocycles. The van der Waals surface area contributed by atoms with Crippen LogP contribution in [-0.4, -0.2) is 37.1 Å². The van der Waals surface area contributed by atoms with Crippen molar-refractivity contribution in [2.45, 2.75) is 6.92 Å². The molecule has 1 amide bonds. The Morgan fingerprint density at radius 2 is 2.16 bits per heavy atom. The van der Waals surface area contributed by atoms with E-state index in [4.69, 9.17) is 16.7 Å². The van der Waals surface area contributed by atoms with Gasteiger partial charge in [-0.3, -0.25) is 9.59 Å². The van der Waals surface area contributed by atoms with Gasteiger partial charge in [0.15, 0.2) is 0 Å². The predicted octanol–water partition coefficient (Wildman–Crippen LogP) is 1.61. The molecule has 0 saturated heterocycles. The average Bonchev–Trinajstić information content (AvgIpc) is 2.35. The molecule has 0 heterocycles. The van der Waals surface area contributed by atoms with Gasteiger partial charge in [-0.2, -0.15) is 0 Å². The van der Waals surface area contributed by atoms with Gasteiger partial charge in [0.2, 0.25) is 5.91 Å². The van der Waals surface area contributed by atoms with Crippen molar-refractivity contribution in [3.63, 3.8) is 0 Å². The van der Waals surface area contributed by atoms with Gasteiger partial charge < -0.3 is 15.3 Å². The second kappa shape index (κ2) is 7.11. The molecular formula is C13H17ClN2O3. The summed E-state index contributed by atoms with van der Waals surface area (Å²) >= 11 is 5.87. The van der Waals surface area contributed by atoms with Gasteiger partial charge in [0.1, 0.15) is 6.54 Å². The lowest BCUT2D eigenvalue weighted by Crippen LogP contribution is -2.41. The smallest absolute Gasteiger partial charge is 0.323 e. The summed E-state index contributed by atoms with van der Waals surface area (Å²) < 4.78 is 0. The maximum Gasteiger partial charge on any atom is 0.323 e. The Hall–Kier alpha value is -1.59. The molecule has 1 unspecified atom stereocenters. The van der Waals surface area contributed by atoms with E-state index in [9.17, 15) is 9.59 Å². The Morgan fingerprint density at radius 1 is 1.47 bits per heavy atom. The topological polar surface area (TPSA) is 69.6 Å². The third kappa shape index (κ3) is 4.54. The third-order valence-electron chi connectivity index (χ3n) is 2.61. The van der Waals surface area contributed by atoms with E-state index in [2.05, 4.69) is 5.32 Å². The van der Waals surface area contributed by atoms with Crippen molar-refractivity contribution in [3.05, 3.63) is 29.3 Å². The molecule has 0 bridgehead atoms. The predicted molar refractivity (Wildman–Crippen MR) is 74.5 cm³/mol. The van der Waals surface area contributed by atoms with E-state index in [-0.39, 0.29) is 18.4 Å². The fourth-order valence-electron chi connectivity index (χ4n) is 1.74. The van der Waals surface area contributed by atoms with Gasteiger partial charge in [-0.15, -0.1) is 0 Å². The van der Waals surface area contributed by atoms with Crippen molar-refractivity contribution in [2.24, 2.45) is 5.92 Å². The second-order valence-corrected chi connectivity index (χ2v) is 4.69. The van der Waals surface area contributed by atoms with E-state index in [0.717, 1.165) is 0 Å². The van der Waals surface area contributed by atoms with Gasteiger partial charge >= 0.3 is 5.97 Å². The number of amides is 1. The fourth-order valence-corrected chi connectivity index (χ4v) is 1.92. The van der Waals surface area contributed by atoms with Gasteiger partial charge in [0.05, 0.1) is 0 Å². The highest BCUT2D eigenvalue weighted by atomic mass is 35.5. The first kappa shape index (κ1) is 15.5. The van der Waals surface area contributed by atoms with E-state index < -0.39 is 5.97 Å². The Labute approximate surface area is 117 Å². The molecular weight excluding hydrogens is 268 g/mol. The van der Waals surface area contributed by atoms with Crippen LogP contribution in [0.1, 0.15) is 6.92 Å². The Morgan fingerprint density at radius 3 is 2.68 bits per heavy atom. The molecule has 1 rings (SSSR count). The standard InChI is InChI=1S/C13H17ClN2O3/c1-9(7-15-2)13(19)16(8-12(17)18)11-5-3-4-10(14)6-11/h3-6,9,15H,7-8H2,1-2H3,(H,17,18). The van der Waals surface area contributed by atoms with Crippen molar-refractivity contribution in [2.75, 3.05) is 25.0 Å². The highest BCUT2D eigenvalue weighted by Gasteiger charge is 2.23. The van der Waals surface area contributed by atoms with Gasteiger partial charge in [-0.05, 0) is 25.2 Å². The third-order valence-corrected chi connectivity index (χ3v) is 2.85. The number of anilines is 1. The summed E-state index contributed by atoms with van der Waals surface area (Å²) in [7, 11) is 1.74. The fraction of sp³-hybridized carbons (Fsp3) is 0.385. The number of carboxylic acid groups (broad SMARTS) is 1. The van der Waals surface area contributed by atoms with Crippen molar-refractivity contribution < 1.29 is 14.7 Å². The summed E-state index contributed by atoms with van der Waals surface area (Å²) in [4.78, 5) is 24.4. The minimum Gasteiger partial charge on any atom is -0.480 e. The maximum absolute atomic E-state index is 12.3. The summed E-state index contributed by atoms with van der Waals surface area (Å²) in [6.45, 7) is 1.85. The molecule has 0 aliphatic rings. The molecule has 0 saturated carbocycles. The number of carbonyl (C=O) groups excluding carboxylic acids is 1. The molecule has 104 valence electrons. The Kier molecular flexibility index (Phi) is 5.79. The molecule has 1 atom stereocenters. The number of rotatable bonds is 6. The van der Waals surface area contributed by atoms with E-state index in [1.807, 2.05) is 0 Å². The number of carbonyl (C=O) groups is 2. The maximum atomic E-state index is 12.3. The molecule has 0 radical (unpaired) electrons. The SMILES string of the molecule is CNCC(C)C(=O)N(CC(=O)O)c1cccc(Cl)c1. The number of carboxylic acids is 1. The summed E-state index contributed by atoms with van der Waals surface area (Å²) in [6, 6.07) is 6.60. The van der Waals surface area contributed by atoms with Crippen LogP contribution in [-0.2, 0) is 9.59 Å². The number of halogens is 1. The first-order chi connectivity index (χ1) is 8.95. The lowest BCUT2D eigenvalue weighted by molar-refractivity contribution is -0.137. The van der Waals surface area contributed by atoms with Crippen LogP contribution in [0.4, 0.5) is 5.69 Å². The zero-order valence-electron chi connectivity index (χ0n) is 10.9. The van der Waals surface area contributed by atoms with E-state index in [1.54, 1.807) is 38.2 Å². The highest BCUT2D eigenvalue weighted by Crippen LogP contribution is 2.21. The molecule has 1 aromatic rings. The molecule has 2 N–H and O–H groups in total. The summed E-state index contributed by atoms with van der Waals surface area (Å²) in [5.41, 5.74) is 0.489. The van der Waals surface area contributed by atoms with E-state index in [0.29, 0.717) is 17.3 Å². The van der Waals surface area contributed by atoms with Crippen molar-refractivity contribution >= 4 is 29.2 Å². The lowest BCUT2D eigenvalue weighted by Gasteiger charge is -2.24. The molecule has 0 fully saturated rings. The Balaban J connectivity index is 3.00. The summed E-state index contributed by atoms with van der Waals surface area (Å²) in [5, 5.41) is 12.3. The Bertz CT molecular complexity index is 465. The lowest BCUT2D eigenvalue weighted by atomic mass is 10.1. The zero-order chi connectivity index (χ0) is 14.4. The minimum absolute atomic E-state index is 0.251. The number of benzene rings is 1. The summed E-state index contributed by atoms with van der Waals surface area (Å²) in [5.74, 6) is -1.63. The van der Waals surface area contributed by atoms with Gasteiger partial charge in [-0.1, -0.05) is 24.6 Å².